The molecule has 1 amide bonds. The first-order chi connectivity index (χ1) is 8.56. The second-order valence-electron chi connectivity index (χ2n) is 3.68. The van der Waals surface area contributed by atoms with Crippen LogP contribution in [0.15, 0.2) is 30.6 Å². The summed E-state index contributed by atoms with van der Waals surface area (Å²) in [6.45, 7) is 1.71. The summed E-state index contributed by atoms with van der Waals surface area (Å²) in [5, 5.41) is 12.2. The Bertz CT molecular complexity index is 602. The van der Waals surface area contributed by atoms with Gasteiger partial charge in [-0.3, -0.25) is 9.78 Å². The fraction of sp³-hybridized carbons (Fsp3) is 0.0833. The Kier molecular flexibility index (Phi) is 3.43. The molecule has 1 aromatic carbocycles. The third-order valence-electron chi connectivity index (χ3n) is 2.31. The van der Waals surface area contributed by atoms with Gasteiger partial charge in [0.25, 0.3) is 5.91 Å². The third-order valence-corrected chi connectivity index (χ3v) is 2.49. The molecule has 2 rings (SSSR count). The molecule has 18 heavy (non-hydrogen) atoms. The number of nitrogens with one attached hydrogen (secondary N) is 1. The minimum Gasteiger partial charge on any atom is -0.508 e. The largest absolute Gasteiger partial charge is 0.508 e. The third kappa shape index (κ3) is 2.75. The van der Waals surface area contributed by atoms with Gasteiger partial charge in [-0.05, 0) is 30.7 Å². The normalized spacial score (nSPS) is 10.1. The number of nitrogens with zero attached hydrogens (tertiary/aromatic N) is 2. The number of benzene rings is 1. The maximum atomic E-state index is 11.9. The molecule has 92 valence electrons. The molecule has 2 aromatic rings. The number of carbonyl (C=O) groups is 1. The van der Waals surface area contributed by atoms with E-state index in [9.17, 15) is 9.90 Å². The number of amides is 1. The average Bonchev–Trinajstić information content (AvgIpc) is 2.32. The lowest BCUT2D eigenvalue weighted by Crippen LogP contribution is -2.13. The van der Waals surface area contributed by atoms with Gasteiger partial charge < -0.3 is 10.4 Å². The molecule has 0 fully saturated rings. The first kappa shape index (κ1) is 12.3. The highest BCUT2D eigenvalue weighted by Crippen LogP contribution is 2.17. The van der Waals surface area contributed by atoms with Crippen molar-refractivity contribution in [3.8, 4) is 5.75 Å². The Morgan fingerprint density at radius 2 is 2.17 bits per heavy atom. The van der Waals surface area contributed by atoms with Gasteiger partial charge in [0.1, 0.15) is 10.9 Å². The van der Waals surface area contributed by atoms with E-state index in [4.69, 9.17) is 11.6 Å². The van der Waals surface area contributed by atoms with Crippen molar-refractivity contribution in [2.24, 2.45) is 0 Å². The van der Waals surface area contributed by atoms with E-state index in [1.54, 1.807) is 13.0 Å². The molecule has 0 aliphatic rings. The van der Waals surface area contributed by atoms with Gasteiger partial charge in [-0.2, -0.15) is 0 Å². The Balaban J connectivity index is 2.19. The molecule has 0 aliphatic heterocycles. The molecule has 2 N–H and O–H groups in total. The molecule has 0 aliphatic carbocycles. The number of halogens is 1. The van der Waals surface area contributed by atoms with Crippen molar-refractivity contribution < 1.29 is 9.90 Å². The Morgan fingerprint density at radius 3 is 2.83 bits per heavy atom. The molecule has 0 saturated heterocycles. The van der Waals surface area contributed by atoms with Crippen LogP contribution in [-0.2, 0) is 0 Å². The van der Waals surface area contributed by atoms with E-state index in [-0.39, 0.29) is 22.6 Å². The lowest BCUT2D eigenvalue weighted by molar-refractivity contribution is 0.102. The second-order valence-corrected chi connectivity index (χ2v) is 4.07. The lowest BCUT2D eigenvalue weighted by atomic mass is 10.1. The standard InChI is InChI=1S/C12H10ClN3O2/c1-7-4-8(2-3-9(7)17)12(18)16-11-6-14-5-10(13)15-11/h2-6,17H,1H3,(H,15,16,18). The number of phenolic OH excluding ortho intramolecular Hbond substituents is 1. The lowest BCUT2D eigenvalue weighted by Gasteiger charge is -2.05. The highest BCUT2D eigenvalue weighted by atomic mass is 35.5. The van der Waals surface area contributed by atoms with Gasteiger partial charge in [0.05, 0.1) is 12.4 Å². The van der Waals surface area contributed by atoms with E-state index >= 15 is 0 Å². The summed E-state index contributed by atoms with van der Waals surface area (Å²) < 4.78 is 0. The maximum absolute atomic E-state index is 11.9. The Hall–Kier alpha value is -2.14. The molecule has 6 heteroatoms. The number of aromatic nitrogens is 2. The predicted molar refractivity (Wildman–Crippen MR) is 67.8 cm³/mol. The zero-order valence-corrected chi connectivity index (χ0v) is 10.3. The van der Waals surface area contributed by atoms with Crippen molar-refractivity contribution in [1.29, 1.82) is 0 Å². The number of hydrogen-bond acceptors (Lipinski definition) is 4. The van der Waals surface area contributed by atoms with E-state index < -0.39 is 0 Å². The van der Waals surface area contributed by atoms with Crippen molar-refractivity contribution in [3.63, 3.8) is 0 Å². The van der Waals surface area contributed by atoms with E-state index in [0.29, 0.717) is 11.1 Å². The van der Waals surface area contributed by atoms with Gasteiger partial charge in [0.15, 0.2) is 5.82 Å². The molecule has 0 unspecified atom stereocenters. The number of phenols is 1. The number of rotatable bonds is 2. The topological polar surface area (TPSA) is 75.1 Å². The first-order valence-electron chi connectivity index (χ1n) is 5.15. The summed E-state index contributed by atoms with van der Waals surface area (Å²) in [6, 6.07) is 4.58. The summed E-state index contributed by atoms with van der Waals surface area (Å²) in [7, 11) is 0. The van der Waals surface area contributed by atoms with Crippen LogP contribution in [0.5, 0.6) is 5.75 Å². The van der Waals surface area contributed by atoms with Gasteiger partial charge >= 0.3 is 0 Å². The van der Waals surface area contributed by atoms with Crippen LogP contribution in [0.2, 0.25) is 5.15 Å². The van der Waals surface area contributed by atoms with Gasteiger partial charge in [-0.15, -0.1) is 0 Å². The summed E-state index contributed by atoms with van der Waals surface area (Å²) in [6.07, 6.45) is 2.78. The van der Waals surface area contributed by atoms with Crippen LogP contribution < -0.4 is 5.32 Å². The molecule has 0 radical (unpaired) electrons. The molecule has 5 nitrogen and oxygen atoms in total. The molecule has 1 aromatic heterocycles. The number of aryl methyl sites for hydroxylation is 1. The van der Waals surface area contributed by atoms with Gasteiger partial charge in [0, 0.05) is 5.56 Å². The SMILES string of the molecule is Cc1cc(C(=O)Nc2cncc(Cl)n2)ccc1O. The van der Waals surface area contributed by atoms with Gasteiger partial charge in [0.2, 0.25) is 0 Å². The number of aromatic hydroxyl groups is 1. The summed E-state index contributed by atoms with van der Waals surface area (Å²) >= 11 is 5.66. The van der Waals surface area contributed by atoms with Crippen molar-refractivity contribution >= 4 is 23.3 Å². The number of carbonyl (C=O) groups excluding carboxylic acids is 1. The molecule has 0 spiro atoms. The van der Waals surface area contributed by atoms with E-state index in [1.165, 1.54) is 24.5 Å². The van der Waals surface area contributed by atoms with E-state index in [0.717, 1.165) is 0 Å². The quantitative estimate of drug-likeness (QED) is 0.872. The number of anilines is 1. The van der Waals surface area contributed by atoms with Gasteiger partial charge in [-0.25, -0.2) is 4.98 Å². The average molecular weight is 264 g/mol. The van der Waals surface area contributed by atoms with Crippen LogP contribution in [0.25, 0.3) is 0 Å². The van der Waals surface area contributed by atoms with Crippen LogP contribution in [0.1, 0.15) is 15.9 Å². The fourth-order valence-corrected chi connectivity index (χ4v) is 1.53. The van der Waals surface area contributed by atoms with Crippen molar-refractivity contribution in [2.75, 3.05) is 5.32 Å². The number of hydrogen-bond donors (Lipinski definition) is 2. The van der Waals surface area contributed by atoms with Crippen LogP contribution >= 0.6 is 11.6 Å². The zero-order valence-electron chi connectivity index (χ0n) is 9.51. The minimum absolute atomic E-state index is 0.147. The van der Waals surface area contributed by atoms with Gasteiger partial charge in [-0.1, -0.05) is 11.6 Å². The molecular formula is C12H10ClN3O2. The molecular weight excluding hydrogens is 254 g/mol. The summed E-state index contributed by atoms with van der Waals surface area (Å²) in [5.74, 6) is 0.0852. The van der Waals surface area contributed by atoms with Crippen molar-refractivity contribution in [1.82, 2.24) is 9.97 Å². The monoisotopic (exact) mass is 263 g/mol. The summed E-state index contributed by atoms with van der Waals surface area (Å²) in [4.78, 5) is 19.6. The zero-order chi connectivity index (χ0) is 13.1. The summed E-state index contributed by atoms with van der Waals surface area (Å²) in [5.41, 5.74) is 1.05. The maximum Gasteiger partial charge on any atom is 0.256 e. The second kappa shape index (κ2) is 5.01. The Labute approximate surface area is 108 Å². The molecule has 0 bridgehead atoms. The smallest absolute Gasteiger partial charge is 0.256 e. The highest BCUT2D eigenvalue weighted by molar-refractivity contribution is 6.29. The van der Waals surface area contributed by atoms with Crippen molar-refractivity contribution in [3.05, 3.63) is 46.9 Å². The molecule has 0 atom stereocenters. The highest BCUT2D eigenvalue weighted by Gasteiger charge is 2.08. The van der Waals surface area contributed by atoms with Crippen LogP contribution in [0, 0.1) is 6.92 Å². The van der Waals surface area contributed by atoms with E-state index in [2.05, 4.69) is 15.3 Å². The van der Waals surface area contributed by atoms with Crippen LogP contribution in [-0.4, -0.2) is 21.0 Å². The minimum atomic E-state index is -0.338. The van der Waals surface area contributed by atoms with Crippen molar-refractivity contribution in [2.45, 2.75) is 6.92 Å². The van der Waals surface area contributed by atoms with Crippen LogP contribution in [0.4, 0.5) is 5.82 Å². The first-order valence-corrected chi connectivity index (χ1v) is 5.52. The predicted octanol–water partition coefficient (Wildman–Crippen LogP) is 2.40. The molecule has 1 heterocycles. The Morgan fingerprint density at radius 1 is 1.39 bits per heavy atom. The van der Waals surface area contributed by atoms with E-state index in [1.807, 2.05) is 0 Å². The molecule has 0 saturated carbocycles. The fourth-order valence-electron chi connectivity index (χ4n) is 1.39. The van der Waals surface area contributed by atoms with Crippen LogP contribution in [0.3, 0.4) is 0 Å².